The van der Waals surface area contributed by atoms with E-state index >= 15 is 0 Å². The molecule has 4 N–H and O–H groups in total. The predicted octanol–water partition coefficient (Wildman–Crippen LogP) is 1.24. The first-order valence-corrected chi connectivity index (χ1v) is 4.78. The summed E-state index contributed by atoms with van der Waals surface area (Å²) in [5.74, 6) is 0.780. The molecule has 0 spiro atoms. The van der Waals surface area contributed by atoms with Crippen molar-refractivity contribution in [3.63, 3.8) is 0 Å². The monoisotopic (exact) mass is 156 g/mol. The van der Waals surface area contributed by atoms with Gasteiger partial charge in [-0.25, -0.2) is 0 Å². The molecule has 1 aliphatic rings. The summed E-state index contributed by atoms with van der Waals surface area (Å²) in [6, 6.07) is 0.466. The minimum Gasteiger partial charge on any atom is -0.330 e. The summed E-state index contributed by atoms with van der Waals surface area (Å²) >= 11 is 0. The van der Waals surface area contributed by atoms with Crippen LogP contribution in [0.1, 0.15) is 38.5 Å². The van der Waals surface area contributed by atoms with Gasteiger partial charge in [0.1, 0.15) is 0 Å². The van der Waals surface area contributed by atoms with Gasteiger partial charge in [-0.2, -0.15) is 0 Å². The molecule has 0 heterocycles. The highest BCUT2D eigenvalue weighted by atomic mass is 14.6. The van der Waals surface area contributed by atoms with Crippen LogP contribution in [0, 0.1) is 5.92 Å². The number of rotatable bonds is 1. The van der Waals surface area contributed by atoms with Gasteiger partial charge < -0.3 is 11.5 Å². The average molecular weight is 156 g/mol. The van der Waals surface area contributed by atoms with E-state index in [4.69, 9.17) is 11.5 Å². The number of hydrogen-bond acceptors (Lipinski definition) is 2. The largest absolute Gasteiger partial charge is 0.330 e. The molecule has 0 saturated heterocycles. The molecule has 0 bridgehead atoms. The quantitative estimate of drug-likeness (QED) is 0.600. The Morgan fingerprint density at radius 1 is 1.00 bits per heavy atom. The van der Waals surface area contributed by atoms with Gasteiger partial charge in [0.25, 0.3) is 0 Å². The topological polar surface area (TPSA) is 52.0 Å². The third-order valence-electron chi connectivity index (χ3n) is 2.71. The summed E-state index contributed by atoms with van der Waals surface area (Å²) in [5.41, 5.74) is 11.5. The second-order valence-corrected chi connectivity index (χ2v) is 3.72. The number of hydrogen-bond donors (Lipinski definition) is 2. The van der Waals surface area contributed by atoms with Gasteiger partial charge in [0, 0.05) is 6.04 Å². The standard InChI is InChI=1S/C9H20N2/c10-7-8-3-1-5-9(11)6-2-4-8/h8-9H,1-7,10-11H2. The third-order valence-corrected chi connectivity index (χ3v) is 2.71. The fraction of sp³-hybridized carbons (Fsp3) is 1.00. The van der Waals surface area contributed by atoms with E-state index in [1.165, 1.54) is 38.5 Å². The Balaban J connectivity index is 2.22. The van der Waals surface area contributed by atoms with E-state index in [-0.39, 0.29) is 0 Å². The molecule has 0 atom stereocenters. The molecule has 11 heavy (non-hydrogen) atoms. The van der Waals surface area contributed by atoms with E-state index in [1.54, 1.807) is 0 Å². The van der Waals surface area contributed by atoms with Crippen molar-refractivity contribution >= 4 is 0 Å². The van der Waals surface area contributed by atoms with E-state index in [0.29, 0.717) is 6.04 Å². The van der Waals surface area contributed by atoms with Crippen molar-refractivity contribution in [1.29, 1.82) is 0 Å². The van der Waals surface area contributed by atoms with Crippen molar-refractivity contribution in [2.45, 2.75) is 44.6 Å². The van der Waals surface area contributed by atoms with Crippen LogP contribution in [0.25, 0.3) is 0 Å². The Morgan fingerprint density at radius 2 is 1.55 bits per heavy atom. The molecular weight excluding hydrogens is 136 g/mol. The van der Waals surface area contributed by atoms with Crippen LogP contribution < -0.4 is 11.5 Å². The average Bonchev–Trinajstić information content (AvgIpc) is 1.96. The van der Waals surface area contributed by atoms with Crippen molar-refractivity contribution < 1.29 is 0 Å². The van der Waals surface area contributed by atoms with Gasteiger partial charge in [0.2, 0.25) is 0 Å². The van der Waals surface area contributed by atoms with Crippen molar-refractivity contribution in [3.05, 3.63) is 0 Å². The van der Waals surface area contributed by atoms with Crippen LogP contribution in [0.5, 0.6) is 0 Å². The van der Waals surface area contributed by atoms with Crippen LogP contribution in [-0.4, -0.2) is 12.6 Å². The van der Waals surface area contributed by atoms with Crippen LogP contribution in [0.15, 0.2) is 0 Å². The smallest absolute Gasteiger partial charge is 0.00388 e. The van der Waals surface area contributed by atoms with Gasteiger partial charge in [0.15, 0.2) is 0 Å². The lowest BCUT2D eigenvalue weighted by molar-refractivity contribution is 0.363. The molecule has 1 rings (SSSR count). The highest BCUT2D eigenvalue weighted by Crippen LogP contribution is 2.20. The normalized spacial score (nSPS) is 34.4. The van der Waals surface area contributed by atoms with Crippen LogP contribution in [0.4, 0.5) is 0 Å². The zero-order valence-corrected chi connectivity index (χ0v) is 7.26. The number of nitrogens with two attached hydrogens (primary N) is 2. The summed E-state index contributed by atoms with van der Waals surface area (Å²) in [7, 11) is 0. The molecule has 1 fully saturated rings. The van der Waals surface area contributed by atoms with Gasteiger partial charge in [-0.15, -0.1) is 0 Å². The predicted molar refractivity (Wildman–Crippen MR) is 48.2 cm³/mol. The van der Waals surface area contributed by atoms with Crippen molar-refractivity contribution in [2.24, 2.45) is 17.4 Å². The van der Waals surface area contributed by atoms with Gasteiger partial charge in [-0.1, -0.05) is 12.8 Å². The second-order valence-electron chi connectivity index (χ2n) is 3.72. The van der Waals surface area contributed by atoms with Gasteiger partial charge in [0.05, 0.1) is 0 Å². The first kappa shape index (κ1) is 9.01. The van der Waals surface area contributed by atoms with E-state index in [2.05, 4.69) is 0 Å². The first-order chi connectivity index (χ1) is 5.33. The molecule has 0 aromatic rings. The van der Waals surface area contributed by atoms with Crippen LogP contribution in [-0.2, 0) is 0 Å². The highest BCUT2D eigenvalue weighted by Gasteiger charge is 2.12. The molecule has 66 valence electrons. The van der Waals surface area contributed by atoms with Crippen LogP contribution in [0.2, 0.25) is 0 Å². The molecule has 2 nitrogen and oxygen atoms in total. The fourth-order valence-corrected chi connectivity index (χ4v) is 1.86. The van der Waals surface area contributed by atoms with Gasteiger partial charge in [-0.05, 0) is 38.1 Å². The molecule has 1 aliphatic carbocycles. The van der Waals surface area contributed by atoms with Crippen LogP contribution >= 0.6 is 0 Å². The zero-order chi connectivity index (χ0) is 8.10. The maximum atomic E-state index is 5.86. The molecule has 0 aromatic carbocycles. The molecule has 0 aliphatic heterocycles. The zero-order valence-electron chi connectivity index (χ0n) is 7.26. The molecular formula is C9H20N2. The highest BCUT2D eigenvalue weighted by molar-refractivity contribution is 4.70. The van der Waals surface area contributed by atoms with E-state index in [1.807, 2.05) is 0 Å². The Morgan fingerprint density at radius 3 is 2.00 bits per heavy atom. The third kappa shape index (κ3) is 3.21. The maximum absolute atomic E-state index is 5.86. The van der Waals surface area contributed by atoms with Crippen molar-refractivity contribution in [3.8, 4) is 0 Å². The SMILES string of the molecule is NCC1CCCC(N)CCC1. The summed E-state index contributed by atoms with van der Waals surface area (Å²) in [6.45, 7) is 0.870. The first-order valence-electron chi connectivity index (χ1n) is 4.78. The summed E-state index contributed by atoms with van der Waals surface area (Å²) in [6.07, 6.45) is 7.56. The van der Waals surface area contributed by atoms with Gasteiger partial charge in [-0.3, -0.25) is 0 Å². The lowest BCUT2D eigenvalue weighted by Crippen LogP contribution is -2.24. The minimum absolute atomic E-state index is 0.466. The lowest BCUT2D eigenvalue weighted by Gasteiger charge is -2.20. The lowest BCUT2D eigenvalue weighted by atomic mass is 9.89. The fourth-order valence-electron chi connectivity index (χ4n) is 1.86. The van der Waals surface area contributed by atoms with Gasteiger partial charge >= 0.3 is 0 Å². The Bertz CT molecular complexity index is 93.7. The van der Waals surface area contributed by atoms with Crippen molar-refractivity contribution in [2.75, 3.05) is 6.54 Å². The van der Waals surface area contributed by atoms with E-state index in [0.717, 1.165) is 12.5 Å². The maximum Gasteiger partial charge on any atom is 0.00388 e. The summed E-state index contributed by atoms with van der Waals surface area (Å²) < 4.78 is 0. The van der Waals surface area contributed by atoms with Crippen molar-refractivity contribution in [1.82, 2.24) is 0 Å². The molecule has 0 radical (unpaired) electrons. The minimum atomic E-state index is 0.466. The Hall–Kier alpha value is -0.0800. The molecule has 1 saturated carbocycles. The molecule has 2 heteroatoms. The Kier molecular flexibility index (Phi) is 3.87. The molecule has 0 unspecified atom stereocenters. The van der Waals surface area contributed by atoms with Crippen LogP contribution in [0.3, 0.4) is 0 Å². The second kappa shape index (κ2) is 4.73. The van der Waals surface area contributed by atoms with E-state index < -0.39 is 0 Å². The van der Waals surface area contributed by atoms with E-state index in [9.17, 15) is 0 Å². The molecule has 0 aromatic heterocycles. The summed E-state index contributed by atoms with van der Waals surface area (Å²) in [5, 5.41) is 0. The Labute approximate surface area is 69.3 Å². The summed E-state index contributed by atoms with van der Waals surface area (Å²) in [4.78, 5) is 0. The molecule has 0 amide bonds.